The maximum absolute atomic E-state index is 16.0. The van der Waals surface area contributed by atoms with Gasteiger partial charge in [0.05, 0.1) is 62.1 Å². The predicted molar refractivity (Wildman–Crippen MR) is 265 cm³/mol. The molecule has 4 aliphatic heterocycles. The molecule has 6 atom stereocenters. The van der Waals surface area contributed by atoms with Crippen LogP contribution in [0.5, 0.6) is 0 Å². The molecule has 18 nitrogen and oxygen atoms in total. The molecule has 434 valence electrons. The number of anilines is 1. The van der Waals surface area contributed by atoms with E-state index in [1.165, 1.54) is 12.1 Å². The van der Waals surface area contributed by atoms with Gasteiger partial charge in [-0.15, -0.1) is 0 Å². The van der Waals surface area contributed by atoms with Crippen LogP contribution in [0.15, 0.2) is 67.0 Å². The molecule has 4 fully saturated rings. The van der Waals surface area contributed by atoms with E-state index < -0.39 is 115 Å². The van der Waals surface area contributed by atoms with E-state index in [-0.39, 0.29) is 21.5 Å². The lowest BCUT2D eigenvalue weighted by atomic mass is 9.82. The molecule has 80 heavy (non-hydrogen) atoms. The average Bonchev–Trinajstić information content (AvgIpc) is 3.89. The number of rotatable bonds is 19. The first kappa shape index (κ1) is 60.4. The van der Waals surface area contributed by atoms with Crippen LogP contribution in [0, 0.1) is 34.3 Å². The summed E-state index contributed by atoms with van der Waals surface area (Å²) in [6.07, 6.45) is -12.4. The van der Waals surface area contributed by atoms with Crippen LogP contribution in [0.1, 0.15) is 62.9 Å². The highest BCUT2D eigenvalue weighted by Crippen LogP contribution is 2.42. The lowest BCUT2D eigenvalue weighted by molar-refractivity contribution is -0.221. The van der Waals surface area contributed by atoms with Crippen molar-refractivity contribution >= 4 is 29.8 Å². The number of aliphatic hydroxyl groups excluding tert-OH is 1. The van der Waals surface area contributed by atoms with E-state index in [0.29, 0.717) is 74.1 Å². The normalized spacial score (nSPS) is 18.4. The van der Waals surface area contributed by atoms with Gasteiger partial charge < -0.3 is 40.2 Å². The third kappa shape index (κ3) is 13.7. The second-order valence-corrected chi connectivity index (χ2v) is 20.6. The molecule has 4 aliphatic rings. The molecule has 4 saturated heterocycles. The molecule has 6 heterocycles. The number of nitrogens with zero attached hydrogens (tertiary/aromatic N) is 6. The van der Waals surface area contributed by atoms with Crippen molar-refractivity contribution in [2.75, 3.05) is 52.0 Å². The number of nitrogens with one attached hydrogen (secondary N) is 4. The Balaban J connectivity index is 1.18. The number of hydrazine groups is 1. The van der Waals surface area contributed by atoms with Crippen molar-refractivity contribution in [3.8, 4) is 23.1 Å². The number of carbonyl (C=O) groups is 4. The van der Waals surface area contributed by atoms with Gasteiger partial charge in [0.1, 0.15) is 29.5 Å². The number of pyridine rings is 1. The first-order valence-corrected chi connectivity index (χ1v) is 24.9. The summed E-state index contributed by atoms with van der Waals surface area (Å²) in [6, 6.07) is 6.63. The number of amides is 4. The van der Waals surface area contributed by atoms with Crippen molar-refractivity contribution in [2.45, 2.75) is 108 Å². The summed E-state index contributed by atoms with van der Waals surface area (Å²) in [5.41, 5.74) is -4.42. The van der Waals surface area contributed by atoms with Crippen molar-refractivity contribution in [1.29, 1.82) is 0 Å². The van der Waals surface area contributed by atoms with Gasteiger partial charge in [-0.2, -0.15) is 40.2 Å². The number of ether oxygens (including phenoxy) is 3. The Hall–Kier alpha value is -7.22. The zero-order valence-electron chi connectivity index (χ0n) is 43.9. The highest BCUT2D eigenvalue weighted by atomic mass is 19.4. The van der Waals surface area contributed by atoms with Gasteiger partial charge in [0, 0.05) is 72.9 Å². The van der Waals surface area contributed by atoms with E-state index in [0.717, 1.165) is 65.0 Å². The molecular weight excluding hydrogens is 1080 g/mol. The van der Waals surface area contributed by atoms with Crippen molar-refractivity contribution in [1.82, 2.24) is 46.0 Å². The number of carbonyl (C=O) groups excluding carboxylic acids is 4. The number of piperidine rings is 1. The van der Waals surface area contributed by atoms with Gasteiger partial charge in [0.15, 0.2) is 0 Å². The van der Waals surface area contributed by atoms with Gasteiger partial charge in [-0.05, 0) is 88.6 Å². The first-order valence-electron chi connectivity index (χ1n) is 24.9. The lowest BCUT2D eigenvalue weighted by Gasteiger charge is -2.60. The molecule has 3 unspecified atom stereocenters. The summed E-state index contributed by atoms with van der Waals surface area (Å²) in [5, 5.41) is 22.1. The van der Waals surface area contributed by atoms with Gasteiger partial charge in [0.2, 0.25) is 5.91 Å². The second-order valence-electron chi connectivity index (χ2n) is 20.6. The average molecular weight is 1140 g/mol. The number of alkyl halides is 8. The maximum atomic E-state index is 16.0. The van der Waals surface area contributed by atoms with Crippen LogP contribution in [0.2, 0.25) is 0 Å². The number of fused-ring (bicyclic) bond motifs is 2. The highest BCUT2D eigenvalue weighted by molar-refractivity contribution is 5.87. The summed E-state index contributed by atoms with van der Waals surface area (Å²) >= 11 is 0. The fraction of sp³-hybridized carbons (Fsp3) is 0.500. The Morgan fingerprint density at radius 2 is 1.34 bits per heavy atom. The molecule has 2 aromatic heterocycles. The molecule has 28 heteroatoms. The Bertz CT molecular complexity index is 2890. The smallest absolute Gasteiger partial charge is 0.407 e. The van der Waals surface area contributed by atoms with E-state index in [9.17, 15) is 59.4 Å². The van der Waals surface area contributed by atoms with Crippen LogP contribution in [0.3, 0.4) is 0 Å². The predicted octanol–water partition coefficient (Wildman–Crippen LogP) is 6.23. The SMILES string of the molecule is COC(=O)NC(C(=O)N[C@@H](Cc1ccc(C#Cc2ccc(N3CC4CC(C3)N4C3COC3)nc2)cc1)[C@@H](O)CN(Cc1c(F)cc(-c2ccn(C(F)F)n2)cc1F)NC(=O)[C@@H](NC(=O)OC)C(C)(C)C(F)(F)F)C(C)(C)C(F)(F)F. The van der Waals surface area contributed by atoms with Crippen LogP contribution < -0.4 is 26.3 Å². The maximum Gasteiger partial charge on any atom is 0.407 e. The fourth-order valence-electron chi connectivity index (χ4n) is 9.38. The van der Waals surface area contributed by atoms with E-state index in [2.05, 4.69) is 46.5 Å². The number of methoxy groups -OCH3 is 2. The molecule has 0 spiro atoms. The first-order chi connectivity index (χ1) is 37.5. The standard InChI is InChI=1S/C52H58F10N10O8/c1-49(2,51(57,58)59)42(65-47(76)78-5)44(74)64-39(17-29-10-7-28(8-11-29)9-12-30-13-14-41(63-21-30)69-22-32-20-33(23-69)72(32)34-26-80-27-34)40(73)25-70(68-45(75)43(66-48(77)79-6)50(3,4)52(60,61)62)24-35-36(53)18-31(19-37(35)54)38-15-16-71(67-38)46(55)56/h7-8,10-11,13-16,18-19,21,32-34,39-40,42-43,46,73H,17,20,22-27H2,1-6H3,(H,64,74)(H,65,76)(H,66,77)(H,68,75)/t32?,33?,39-,40-,42?,43+/m0/s1. The summed E-state index contributed by atoms with van der Waals surface area (Å²) in [6.45, 7) is 0.0368. The van der Waals surface area contributed by atoms with Crippen molar-refractivity contribution < 1.29 is 82.4 Å². The second kappa shape index (κ2) is 24.2. The highest BCUT2D eigenvalue weighted by Gasteiger charge is 2.57. The molecule has 0 aliphatic carbocycles. The minimum atomic E-state index is -5.23. The number of aromatic nitrogens is 3. The molecule has 5 N–H and O–H groups in total. The lowest BCUT2D eigenvalue weighted by Crippen LogP contribution is -2.74. The molecular formula is C52H58F10N10O8. The molecule has 4 aromatic rings. The van der Waals surface area contributed by atoms with E-state index in [1.807, 2.05) is 22.9 Å². The molecule has 4 amide bonds. The third-order valence-corrected chi connectivity index (χ3v) is 14.5. The van der Waals surface area contributed by atoms with Crippen LogP contribution in [0.4, 0.5) is 59.3 Å². The Morgan fingerprint density at radius 1 is 0.787 bits per heavy atom. The molecule has 0 saturated carbocycles. The van der Waals surface area contributed by atoms with Crippen LogP contribution in [0.25, 0.3) is 11.3 Å². The molecule has 0 radical (unpaired) electrons. The van der Waals surface area contributed by atoms with Gasteiger partial charge in [-0.1, -0.05) is 24.0 Å². The van der Waals surface area contributed by atoms with E-state index in [1.54, 1.807) is 23.6 Å². The minimum Gasteiger partial charge on any atom is -0.453 e. The number of hydrogen-bond acceptors (Lipinski definition) is 13. The molecule has 8 rings (SSSR count). The number of hydrogen-bond donors (Lipinski definition) is 5. The van der Waals surface area contributed by atoms with Crippen molar-refractivity contribution in [2.24, 2.45) is 10.8 Å². The number of piperazine rings is 1. The zero-order valence-corrected chi connectivity index (χ0v) is 43.9. The topological polar surface area (TPSA) is 205 Å². The summed E-state index contributed by atoms with van der Waals surface area (Å²) in [4.78, 5) is 62.2. The Labute approximate surface area is 452 Å². The Kier molecular flexibility index (Phi) is 18.3. The number of halogens is 10. The molecule has 2 aromatic carbocycles. The number of benzene rings is 2. The molecule has 2 bridgehead atoms. The van der Waals surface area contributed by atoms with E-state index >= 15 is 8.78 Å². The fourth-order valence-corrected chi connectivity index (χ4v) is 9.38. The Morgan fingerprint density at radius 3 is 1.82 bits per heavy atom. The van der Waals surface area contributed by atoms with Crippen LogP contribution in [-0.4, -0.2) is 156 Å². The minimum absolute atomic E-state index is 0.198. The van der Waals surface area contributed by atoms with Gasteiger partial charge >= 0.3 is 31.1 Å². The monoisotopic (exact) mass is 1140 g/mol. The van der Waals surface area contributed by atoms with Crippen molar-refractivity contribution in [3.05, 3.63) is 101 Å². The van der Waals surface area contributed by atoms with Crippen LogP contribution >= 0.6 is 0 Å². The number of alkyl carbamates (subject to hydrolysis) is 2. The largest absolute Gasteiger partial charge is 0.453 e. The zero-order chi connectivity index (χ0) is 58.6. The summed E-state index contributed by atoms with van der Waals surface area (Å²) in [7, 11) is 1.60. The van der Waals surface area contributed by atoms with Crippen molar-refractivity contribution in [3.63, 3.8) is 0 Å². The number of aliphatic hydroxyl groups is 1. The van der Waals surface area contributed by atoms with E-state index in [4.69, 9.17) is 4.74 Å². The van der Waals surface area contributed by atoms with Gasteiger partial charge in [-0.3, -0.25) is 19.9 Å². The van der Waals surface area contributed by atoms with Crippen LogP contribution in [-0.2, 0) is 36.8 Å². The van der Waals surface area contributed by atoms with Gasteiger partial charge in [0.25, 0.3) is 5.91 Å². The van der Waals surface area contributed by atoms with Gasteiger partial charge in [-0.25, -0.2) is 33.0 Å². The summed E-state index contributed by atoms with van der Waals surface area (Å²) < 4.78 is 160. The quantitative estimate of drug-likeness (QED) is 0.0402. The summed E-state index contributed by atoms with van der Waals surface area (Å²) in [5.74, 6) is 0.755. The third-order valence-electron chi connectivity index (χ3n) is 14.5.